The van der Waals surface area contributed by atoms with Crippen molar-refractivity contribution in [2.75, 3.05) is 25.0 Å². The number of likely N-dealkylation sites (N-methyl/N-ethyl adjacent to an activating group) is 1. The molecule has 8 nitrogen and oxygen atoms in total. The first-order valence-corrected chi connectivity index (χ1v) is 5.58. The average Bonchev–Trinajstić information content (AvgIpc) is 2.83. The van der Waals surface area contributed by atoms with Crippen molar-refractivity contribution in [3.8, 4) is 0 Å². The summed E-state index contributed by atoms with van der Waals surface area (Å²) in [5, 5.41) is 24.3. The molecule has 1 aromatic carbocycles. The monoisotopic (exact) mass is 251 g/mol. The number of rotatable bonds is 6. The van der Waals surface area contributed by atoms with Gasteiger partial charge in [-0.15, -0.1) is 0 Å². The average molecular weight is 251 g/mol. The van der Waals surface area contributed by atoms with Gasteiger partial charge in [0, 0.05) is 19.2 Å². The summed E-state index contributed by atoms with van der Waals surface area (Å²) in [4.78, 5) is 10.3. The molecule has 2 aromatic rings. The Morgan fingerprint density at radius 3 is 2.83 bits per heavy atom. The van der Waals surface area contributed by atoms with E-state index in [1.165, 1.54) is 6.07 Å². The highest BCUT2D eigenvalue weighted by molar-refractivity contribution is 5.93. The summed E-state index contributed by atoms with van der Waals surface area (Å²) < 4.78 is 4.56. The maximum Gasteiger partial charge on any atom is 0.300 e. The van der Waals surface area contributed by atoms with Gasteiger partial charge in [-0.1, -0.05) is 6.92 Å². The van der Waals surface area contributed by atoms with Crippen LogP contribution in [-0.4, -0.2) is 34.9 Å². The highest BCUT2D eigenvalue weighted by Crippen LogP contribution is 2.28. The second-order valence-corrected chi connectivity index (χ2v) is 3.63. The number of fused-ring (bicyclic) bond motifs is 1. The van der Waals surface area contributed by atoms with Crippen LogP contribution < -0.4 is 10.6 Å². The van der Waals surface area contributed by atoms with Crippen LogP contribution in [0.1, 0.15) is 6.92 Å². The van der Waals surface area contributed by atoms with Gasteiger partial charge in [0.2, 0.25) is 5.52 Å². The molecule has 0 amide bonds. The Labute approximate surface area is 102 Å². The largest absolute Gasteiger partial charge is 0.382 e. The zero-order chi connectivity index (χ0) is 13.0. The van der Waals surface area contributed by atoms with Gasteiger partial charge in [0.1, 0.15) is 0 Å². The number of nitro groups is 1. The van der Waals surface area contributed by atoms with Crippen molar-refractivity contribution in [2.45, 2.75) is 6.92 Å². The molecule has 1 heterocycles. The quantitative estimate of drug-likeness (QED) is 0.450. The molecule has 18 heavy (non-hydrogen) atoms. The zero-order valence-corrected chi connectivity index (χ0v) is 9.84. The highest BCUT2D eigenvalue weighted by Gasteiger charge is 2.19. The van der Waals surface area contributed by atoms with Crippen LogP contribution in [0.2, 0.25) is 0 Å². The first kappa shape index (κ1) is 12.2. The lowest BCUT2D eigenvalue weighted by atomic mass is 10.2. The second-order valence-electron chi connectivity index (χ2n) is 3.63. The van der Waals surface area contributed by atoms with Gasteiger partial charge in [-0.25, -0.2) is 4.63 Å². The Kier molecular flexibility index (Phi) is 3.68. The number of non-ortho nitro benzene ring substituents is 1. The predicted molar refractivity (Wildman–Crippen MR) is 65.5 cm³/mol. The molecular formula is C10H13N5O3. The molecule has 96 valence electrons. The van der Waals surface area contributed by atoms with Crippen LogP contribution >= 0.6 is 0 Å². The van der Waals surface area contributed by atoms with E-state index in [1.807, 2.05) is 6.92 Å². The third-order valence-electron chi connectivity index (χ3n) is 2.46. The summed E-state index contributed by atoms with van der Waals surface area (Å²) in [6.07, 6.45) is 0. The van der Waals surface area contributed by atoms with Crippen molar-refractivity contribution in [1.82, 2.24) is 15.6 Å². The summed E-state index contributed by atoms with van der Waals surface area (Å²) in [6, 6.07) is 3.00. The van der Waals surface area contributed by atoms with Crippen molar-refractivity contribution >= 4 is 22.4 Å². The Morgan fingerprint density at radius 1 is 1.33 bits per heavy atom. The molecule has 0 bridgehead atoms. The van der Waals surface area contributed by atoms with Gasteiger partial charge in [0.25, 0.3) is 0 Å². The predicted octanol–water partition coefficient (Wildman–Crippen LogP) is 1.15. The summed E-state index contributed by atoms with van der Waals surface area (Å²) in [5.41, 5.74) is 1.10. The van der Waals surface area contributed by atoms with Crippen molar-refractivity contribution < 1.29 is 9.55 Å². The lowest BCUT2D eigenvalue weighted by molar-refractivity contribution is -0.383. The standard InChI is InChI=1S/C10H13N5O3/c1-2-11-5-6-12-7-3-4-8(15(16)17)10-9(7)13-18-14-10/h3-4,11-12H,2,5-6H2,1H3. The summed E-state index contributed by atoms with van der Waals surface area (Å²) in [5.74, 6) is 0. The molecule has 0 aliphatic heterocycles. The van der Waals surface area contributed by atoms with Crippen molar-refractivity contribution in [2.24, 2.45) is 0 Å². The van der Waals surface area contributed by atoms with E-state index in [4.69, 9.17) is 0 Å². The molecule has 0 saturated carbocycles. The third kappa shape index (κ3) is 2.38. The van der Waals surface area contributed by atoms with E-state index >= 15 is 0 Å². The fourth-order valence-electron chi connectivity index (χ4n) is 1.61. The van der Waals surface area contributed by atoms with E-state index in [0.29, 0.717) is 17.7 Å². The number of anilines is 1. The van der Waals surface area contributed by atoms with Crippen LogP contribution in [0.4, 0.5) is 11.4 Å². The van der Waals surface area contributed by atoms with Crippen molar-refractivity contribution in [3.05, 3.63) is 22.2 Å². The smallest absolute Gasteiger partial charge is 0.300 e. The molecular weight excluding hydrogens is 238 g/mol. The van der Waals surface area contributed by atoms with Gasteiger partial charge in [-0.2, -0.15) is 0 Å². The van der Waals surface area contributed by atoms with Gasteiger partial charge < -0.3 is 10.6 Å². The lowest BCUT2D eigenvalue weighted by Gasteiger charge is -2.06. The van der Waals surface area contributed by atoms with E-state index in [0.717, 1.165) is 13.1 Å². The minimum absolute atomic E-state index is 0.108. The molecule has 0 saturated heterocycles. The topological polar surface area (TPSA) is 106 Å². The minimum Gasteiger partial charge on any atom is -0.382 e. The van der Waals surface area contributed by atoms with Crippen LogP contribution in [0.15, 0.2) is 16.8 Å². The molecule has 0 aliphatic carbocycles. The first-order valence-electron chi connectivity index (χ1n) is 5.58. The first-order chi connectivity index (χ1) is 8.74. The van der Waals surface area contributed by atoms with Gasteiger partial charge >= 0.3 is 5.69 Å². The van der Waals surface area contributed by atoms with Gasteiger partial charge in [-0.05, 0) is 22.9 Å². The minimum atomic E-state index is -0.505. The number of aromatic nitrogens is 2. The summed E-state index contributed by atoms with van der Waals surface area (Å²) >= 11 is 0. The molecule has 0 aliphatic rings. The Balaban J connectivity index is 2.22. The molecule has 2 rings (SSSR count). The maximum absolute atomic E-state index is 10.8. The molecule has 0 atom stereocenters. The number of nitrogens with zero attached hydrogens (tertiary/aromatic N) is 3. The zero-order valence-electron chi connectivity index (χ0n) is 9.84. The molecule has 8 heteroatoms. The van der Waals surface area contributed by atoms with Gasteiger partial charge in [0.15, 0.2) is 5.52 Å². The highest BCUT2D eigenvalue weighted by atomic mass is 16.6. The second kappa shape index (κ2) is 5.41. The molecule has 0 fully saturated rings. The lowest BCUT2D eigenvalue weighted by Crippen LogP contribution is -2.21. The van der Waals surface area contributed by atoms with Crippen molar-refractivity contribution in [3.63, 3.8) is 0 Å². The van der Waals surface area contributed by atoms with E-state index in [9.17, 15) is 10.1 Å². The molecule has 2 N–H and O–H groups in total. The number of nitrogens with one attached hydrogen (secondary N) is 2. The molecule has 0 unspecified atom stereocenters. The maximum atomic E-state index is 10.8. The van der Waals surface area contributed by atoms with E-state index in [1.54, 1.807) is 6.07 Å². The van der Waals surface area contributed by atoms with Crippen LogP contribution in [0.25, 0.3) is 11.0 Å². The fraction of sp³-hybridized carbons (Fsp3) is 0.400. The number of hydrogen-bond donors (Lipinski definition) is 2. The van der Waals surface area contributed by atoms with E-state index in [2.05, 4.69) is 25.6 Å². The Bertz CT molecular complexity index is 553. The number of benzene rings is 1. The summed E-state index contributed by atoms with van der Waals surface area (Å²) in [7, 11) is 0. The van der Waals surface area contributed by atoms with Crippen LogP contribution in [0.5, 0.6) is 0 Å². The fourth-order valence-corrected chi connectivity index (χ4v) is 1.61. The normalized spacial score (nSPS) is 10.7. The SMILES string of the molecule is CCNCCNc1ccc([N+](=O)[O-])c2nonc12. The van der Waals surface area contributed by atoms with Crippen molar-refractivity contribution in [1.29, 1.82) is 0 Å². The van der Waals surface area contributed by atoms with Crippen LogP contribution in [0, 0.1) is 10.1 Å². The molecule has 0 radical (unpaired) electrons. The van der Waals surface area contributed by atoms with Gasteiger partial charge in [-0.3, -0.25) is 10.1 Å². The molecule has 0 spiro atoms. The number of nitro benzene ring substituents is 1. The van der Waals surface area contributed by atoms with Gasteiger partial charge in [0.05, 0.1) is 10.6 Å². The molecule has 1 aromatic heterocycles. The third-order valence-corrected chi connectivity index (χ3v) is 2.46. The van der Waals surface area contributed by atoms with Crippen LogP contribution in [-0.2, 0) is 0 Å². The Hall–Kier alpha value is -2.22. The number of hydrogen-bond acceptors (Lipinski definition) is 7. The summed E-state index contributed by atoms with van der Waals surface area (Å²) in [6.45, 7) is 4.39. The van der Waals surface area contributed by atoms with E-state index in [-0.39, 0.29) is 11.2 Å². The Morgan fingerprint density at radius 2 is 2.11 bits per heavy atom. The van der Waals surface area contributed by atoms with Crippen LogP contribution in [0.3, 0.4) is 0 Å². The van der Waals surface area contributed by atoms with E-state index < -0.39 is 4.92 Å².